The minimum absolute atomic E-state index is 0.344. The summed E-state index contributed by atoms with van der Waals surface area (Å²) in [4.78, 5) is 4.24. The topological polar surface area (TPSA) is 24.9 Å². The maximum atomic E-state index is 4.24. The van der Waals surface area contributed by atoms with Crippen molar-refractivity contribution < 1.29 is 0 Å². The highest BCUT2D eigenvalue weighted by Gasteiger charge is 2.15. The van der Waals surface area contributed by atoms with Crippen LogP contribution >= 0.6 is 11.3 Å². The zero-order chi connectivity index (χ0) is 14.5. The van der Waals surface area contributed by atoms with Gasteiger partial charge in [0.05, 0.1) is 0 Å². The number of pyridine rings is 1. The molecule has 21 heavy (non-hydrogen) atoms. The van der Waals surface area contributed by atoms with Crippen LogP contribution in [0.3, 0.4) is 0 Å². The number of rotatable bonds is 6. The quantitative estimate of drug-likeness (QED) is 0.720. The summed E-state index contributed by atoms with van der Waals surface area (Å²) in [5.41, 5.74) is 2.68. The predicted octanol–water partition coefficient (Wildman–Crippen LogP) is 4.58. The van der Waals surface area contributed by atoms with Gasteiger partial charge in [-0.15, -0.1) is 11.3 Å². The number of fused-ring (bicyclic) bond motifs is 1. The van der Waals surface area contributed by atoms with Crippen molar-refractivity contribution in [2.45, 2.75) is 25.8 Å². The van der Waals surface area contributed by atoms with E-state index in [4.69, 9.17) is 0 Å². The van der Waals surface area contributed by atoms with E-state index in [1.54, 1.807) is 0 Å². The van der Waals surface area contributed by atoms with Crippen molar-refractivity contribution in [3.63, 3.8) is 0 Å². The van der Waals surface area contributed by atoms with Crippen LogP contribution in [0.4, 0.5) is 0 Å². The monoisotopic (exact) mass is 296 g/mol. The van der Waals surface area contributed by atoms with Gasteiger partial charge in [-0.05, 0) is 53.4 Å². The molecule has 0 radical (unpaired) electrons. The Hall–Kier alpha value is -1.71. The zero-order valence-electron chi connectivity index (χ0n) is 12.3. The number of hydrogen-bond donors (Lipinski definition) is 1. The average Bonchev–Trinajstić information content (AvgIpc) is 3.01. The number of aromatic nitrogens is 1. The molecule has 2 aromatic heterocycles. The first-order valence-corrected chi connectivity index (χ1v) is 8.35. The van der Waals surface area contributed by atoms with Crippen molar-refractivity contribution >= 4 is 21.4 Å². The van der Waals surface area contributed by atoms with E-state index in [0.717, 1.165) is 19.4 Å². The smallest absolute Gasteiger partial charge is 0.0390 e. The van der Waals surface area contributed by atoms with E-state index in [1.807, 2.05) is 29.8 Å². The molecule has 3 aromatic rings. The summed E-state index contributed by atoms with van der Waals surface area (Å²) >= 11 is 1.83. The normalized spacial score (nSPS) is 12.6. The SMILES string of the molecule is CCCNC(Cc1cccnc1)c1cccc2ccsc12. The summed E-state index contributed by atoms with van der Waals surface area (Å²) in [7, 11) is 0. The number of nitrogens with one attached hydrogen (secondary N) is 1. The Kier molecular flexibility index (Phi) is 4.63. The highest BCUT2D eigenvalue weighted by atomic mass is 32.1. The van der Waals surface area contributed by atoms with Crippen LogP contribution in [0.1, 0.15) is 30.5 Å². The van der Waals surface area contributed by atoms with Gasteiger partial charge in [0.25, 0.3) is 0 Å². The van der Waals surface area contributed by atoms with Gasteiger partial charge in [0.2, 0.25) is 0 Å². The third-order valence-corrected chi connectivity index (χ3v) is 4.67. The molecule has 0 spiro atoms. The zero-order valence-corrected chi connectivity index (χ0v) is 13.1. The molecule has 1 atom stereocenters. The van der Waals surface area contributed by atoms with Crippen LogP contribution in [-0.2, 0) is 6.42 Å². The Balaban J connectivity index is 1.93. The van der Waals surface area contributed by atoms with E-state index in [2.05, 4.69) is 52.9 Å². The second kappa shape index (κ2) is 6.83. The fraction of sp³-hybridized carbons (Fsp3) is 0.278. The van der Waals surface area contributed by atoms with E-state index >= 15 is 0 Å². The van der Waals surface area contributed by atoms with Gasteiger partial charge in [-0.2, -0.15) is 0 Å². The van der Waals surface area contributed by atoms with E-state index in [1.165, 1.54) is 21.2 Å². The Morgan fingerprint density at radius 1 is 1.19 bits per heavy atom. The molecule has 0 saturated heterocycles. The first-order valence-electron chi connectivity index (χ1n) is 7.47. The second-order valence-corrected chi connectivity index (χ2v) is 6.17. The minimum Gasteiger partial charge on any atom is -0.310 e. The molecule has 1 aromatic carbocycles. The third kappa shape index (κ3) is 3.31. The summed E-state index contributed by atoms with van der Waals surface area (Å²) in [6.45, 7) is 3.24. The van der Waals surface area contributed by atoms with Crippen molar-refractivity contribution in [2.24, 2.45) is 0 Å². The van der Waals surface area contributed by atoms with E-state index in [9.17, 15) is 0 Å². The molecule has 0 amide bonds. The van der Waals surface area contributed by atoms with Crippen molar-refractivity contribution in [1.82, 2.24) is 10.3 Å². The van der Waals surface area contributed by atoms with Gasteiger partial charge >= 0.3 is 0 Å². The Labute approximate surface area is 129 Å². The highest BCUT2D eigenvalue weighted by molar-refractivity contribution is 7.17. The molecule has 0 saturated carbocycles. The summed E-state index contributed by atoms with van der Waals surface area (Å²) < 4.78 is 1.40. The van der Waals surface area contributed by atoms with Crippen molar-refractivity contribution in [3.05, 3.63) is 65.3 Å². The highest BCUT2D eigenvalue weighted by Crippen LogP contribution is 2.30. The molecule has 0 bridgehead atoms. The minimum atomic E-state index is 0.344. The molecular weight excluding hydrogens is 276 g/mol. The van der Waals surface area contributed by atoms with Crippen molar-refractivity contribution in [2.75, 3.05) is 6.54 Å². The van der Waals surface area contributed by atoms with E-state index < -0.39 is 0 Å². The van der Waals surface area contributed by atoms with E-state index in [0.29, 0.717) is 6.04 Å². The molecule has 3 rings (SSSR count). The summed E-state index contributed by atoms with van der Waals surface area (Å²) in [6.07, 6.45) is 5.92. The molecule has 108 valence electrons. The number of hydrogen-bond acceptors (Lipinski definition) is 3. The molecule has 2 heterocycles. The largest absolute Gasteiger partial charge is 0.310 e. The van der Waals surface area contributed by atoms with Crippen LogP contribution in [0.2, 0.25) is 0 Å². The fourth-order valence-electron chi connectivity index (χ4n) is 2.66. The molecule has 0 aliphatic rings. The lowest BCUT2D eigenvalue weighted by molar-refractivity contribution is 0.532. The number of thiophene rings is 1. The van der Waals surface area contributed by atoms with Crippen molar-refractivity contribution in [3.8, 4) is 0 Å². The van der Waals surface area contributed by atoms with Gasteiger partial charge in [0, 0.05) is 23.1 Å². The average molecular weight is 296 g/mol. The fourth-order valence-corrected chi connectivity index (χ4v) is 3.63. The summed E-state index contributed by atoms with van der Waals surface area (Å²) in [5, 5.41) is 7.21. The van der Waals surface area contributed by atoms with Crippen LogP contribution in [0.5, 0.6) is 0 Å². The molecule has 0 aliphatic carbocycles. The van der Waals surface area contributed by atoms with Gasteiger partial charge in [0.15, 0.2) is 0 Å². The van der Waals surface area contributed by atoms with Crippen molar-refractivity contribution in [1.29, 1.82) is 0 Å². The molecule has 1 N–H and O–H groups in total. The van der Waals surface area contributed by atoms with Crippen LogP contribution in [0, 0.1) is 0 Å². The Morgan fingerprint density at radius 2 is 2.14 bits per heavy atom. The first-order chi connectivity index (χ1) is 10.4. The van der Waals surface area contributed by atoms with Gasteiger partial charge in [-0.3, -0.25) is 4.98 Å². The Bertz CT molecular complexity index is 691. The van der Waals surface area contributed by atoms with Crippen LogP contribution in [-0.4, -0.2) is 11.5 Å². The molecule has 1 unspecified atom stereocenters. The molecular formula is C18H20N2S. The van der Waals surface area contributed by atoms with Crippen LogP contribution < -0.4 is 5.32 Å². The first kappa shape index (κ1) is 14.2. The summed E-state index contributed by atoms with van der Waals surface area (Å²) in [6, 6.07) is 13.3. The van der Waals surface area contributed by atoms with Gasteiger partial charge < -0.3 is 5.32 Å². The van der Waals surface area contributed by atoms with Gasteiger partial charge in [-0.1, -0.05) is 31.2 Å². The van der Waals surface area contributed by atoms with Gasteiger partial charge in [0.1, 0.15) is 0 Å². The standard InChI is InChI=1S/C18H20N2S/c1-2-9-20-17(12-14-5-4-10-19-13-14)16-7-3-6-15-8-11-21-18(15)16/h3-8,10-11,13,17,20H,2,9,12H2,1H3. The maximum absolute atomic E-state index is 4.24. The van der Waals surface area contributed by atoms with Gasteiger partial charge in [-0.25, -0.2) is 0 Å². The molecule has 2 nitrogen and oxygen atoms in total. The lowest BCUT2D eigenvalue weighted by Crippen LogP contribution is -2.24. The lowest BCUT2D eigenvalue weighted by Gasteiger charge is -2.20. The van der Waals surface area contributed by atoms with Crippen LogP contribution in [0.15, 0.2) is 54.2 Å². The maximum Gasteiger partial charge on any atom is 0.0390 e. The number of nitrogens with zero attached hydrogens (tertiary/aromatic N) is 1. The Morgan fingerprint density at radius 3 is 2.95 bits per heavy atom. The van der Waals surface area contributed by atoms with E-state index in [-0.39, 0.29) is 0 Å². The van der Waals surface area contributed by atoms with Crippen LogP contribution in [0.25, 0.3) is 10.1 Å². The number of benzene rings is 1. The predicted molar refractivity (Wildman–Crippen MR) is 90.8 cm³/mol. The third-order valence-electron chi connectivity index (χ3n) is 3.69. The molecule has 0 aliphatic heterocycles. The second-order valence-electron chi connectivity index (χ2n) is 5.26. The lowest BCUT2D eigenvalue weighted by atomic mass is 9.98. The molecule has 3 heteroatoms. The summed E-state index contributed by atoms with van der Waals surface area (Å²) in [5.74, 6) is 0. The molecule has 0 fully saturated rings.